The average Bonchev–Trinajstić information content (AvgIpc) is 3.48. The second-order valence-corrected chi connectivity index (χ2v) is 9.51. The number of likely N-dealkylation sites (tertiary alicyclic amines) is 1. The minimum Gasteiger partial charge on any atom is -0.359 e. The second kappa shape index (κ2) is 9.17. The number of nitrogens with zero attached hydrogens (tertiary/aromatic N) is 1. The summed E-state index contributed by atoms with van der Waals surface area (Å²) in [6.45, 7) is 1.25. The molecular formula is C25H30N2O2S. The van der Waals surface area contributed by atoms with Crippen LogP contribution >= 0.6 is 11.3 Å². The first-order valence-corrected chi connectivity index (χ1v) is 11.8. The molecule has 2 aromatic rings. The standard InChI is InChI=1S/C25H30N2O2S/c1-26-24(29)25(17-20-10-4-5-11-21(20)22-12-6-15-30-22)13-7-14-27(18-25)23(28)16-19-8-2-3-9-19/h2,4-6,8,10-12,15,19H,3,7,9,13-14,16-18H2,1H3,(H,26,29)/t19-,25+/m1/s1. The van der Waals surface area contributed by atoms with E-state index in [0.29, 0.717) is 25.3 Å². The summed E-state index contributed by atoms with van der Waals surface area (Å²) in [6.07, 6.45) is 9.35. The van der Waals surface area contributed by atoms with Crippen molar-refractivity contribution in [2.24, 2.45) is 11.3 Å². The Bertz CT molecular complexity index is 921. The molecule has 1 aromatic carbocycles. The van der Waals surface area contributed by atoms with E-state index in [4.69, 9.17) is 0 Å². The third kappa shape index (κ3) is 4.36. The molecule has 2 heterocycles. The molecule has 1 aliphatic heterocycles. The van der Waals surface area contributed by atoms with Crippen LogP contribution in [0.15, 0.2) is 53.9 Å². The van der Waals surface area contributed by atoms with Gasteiger partial charge >= 0.3 is 0 Å². The molecule has 2 aliphatic rings. The van der Waals surface area contributed by atoms with Crippen molar-refractivity contribution < 1.29 is 9.59 Å². The molecule has 5 heteroatoms. The maximum absolute atomic E-state index is 13.1. The lowest BCUT2D eigenvalue weighted by Gasteiger charge is -2.42. The summed E-state index contributed by atoms with van der Waals surface area (Å²) in [7, 11) is 1.71. The highest BCUT2D eigenvalue weighted by Crippen LogP contribution is 2.38. The molecule has 0 bridgehead atoms. The van der Waals surface area contributed by atoms with E-state index < -0.39 is 5.41 Å². The van der Waals surface area contributed by atoms with Gasteiger partial charge in [-0.2, -0.15) is 0 Å². The summed E-state index contributed by atoms with van der Waals surface area (Å²) < 4.78 is 0. The van der Waals surface area contributed by atoms with Gasteiger partial charge in [0.05, 0.1) is 5.41 Å². The first-order valence-electron chi connectivity index (χ1n) is 10.9. The topological polar surface area (TPSA) is 49.4 Å². The molecule has 2 atom stereocenters. The van der Waals surface area contributed by atoms with Crippen LogP contribution in [0.3, 0.4) is 0 Å². The van der Waals surface area contributed by atoms with Crippen molar-refractivity contribution in [2.75, 3.05) is 20.1 Å². The Morgan fingerprint density at radius 3 is 2.83 bits per heavy atom. The molecular weight excluding hydrogens is 392 g/mol. The number of nitrogens with one attached hydrogen (secondary N) is 1. The lowest BCUT2D eigenvalue weighted by Crippen LogP contribution is -2.54. The number of allylic oxidation sites excluding steroid dienone is 2. The summed E-state index contributed by atoms with van der Waals surface area (Å²) in [5.74, 6) is 0.584. The number of hydrogen-bond acceptors (Lipinski definition) is 3. The van der Waals surface area contributed by atoms with Gasteiger partial charge in [-0.25, -0.2) is 0 Å². The fourth-order valence-electron chi connectivity index (χ4n) is 4.95. The SMILES string of the molecule is CNC(=O)[C@]1(Cc2ccccc2-c2cccs2)CCCN(C(=O)C[C@@H]2C=CCC2)C1. The first-order chi connectivity index (χ1) is 14.6. The lowest BCUT2D eigenvalue weighted by molar-refractivity contribution is -0.141. The van der Waals surface area contributed by atoms with Crippen molar-refractivity contribution in [3.8, 4) is 10.4 Å². The van der Waals surface area contributed by atoms with E-state index >= 15 is 0 Å². The van der Waals surface area contributed by atoms with Crippen LogP contribution in [0.4, 0.5) is 0 Å². The number of benzene rings is 1. The second-order valence-electron chi connectivity index (χ2n) is 8.56. The van der Waals surface area contributed by atoms with Crippen LogP contribution in [0.1, 0.15) is 37.7 Å². The van der Waals surface area contributed by atoms with Crippen LogP contribution in [0.25, 0.3) is 10.4 Å². The number of rotatable bonds is 6. The van der Waals surface area contributed by atoms with Crippen molar-refractivity contribution in [3.05, 3.63) is 59.5 Å². The van der Waals surface area contributed by atoms with Gasteiger partial charge in [0.25, 0.3) is 0 Å². The molecule has 0 radical (unpaired) electrons. The Labute approximate surface area is 183 Å². The van der Waals surface area contributed by atoms with E-state index in [1.807, 2.05) is 11.0 Å². The highest BCUT2D eigenvalue weighted by molar-refractivity contribution is 7.13. The van der Waals surface area contributed by atoms with E-state index in [-0.39, 0.29) is 11.8 Å². The third-order valence-electron chi connectivity index (χ3n) is 6.52. The zero-order valence-electron chi connectivity index (χ0n) is 17.6. The molecule has 0 unspecified atom stereocenters. The Hall–Kier alpha value is -2.40. The van der Waals surface area contributed by atoms with Gasteiger partial charge in [-0.3, -0.25) is 9.59 Å². The normalized spacial score (nSPS) is 23.5. The van der Waals surface area contributed by atoms with Crippen LogP contribution in [-0.2, 0) is 16.0 Å². The van der Waals surface area contributed by atoms with Gasteiger partial charge in [0.1, 0.15) is 0 Å². The van der Waals surface area contributed by atoms with E-state index in [2.05, 4.69) is 53.2 Å². The predicted octanol–water partition coefficient (Wildman–Crippen LogP) is 4.67. The summed E-state index contributed by atoms with van der Waals surface area (Å²) in [5.41, 5.74) is 1.79. The summed E-state index contributed by atoms with van der Waals surface area (Å²) in [4.78, 5) is 29.3. The maximum Gasteiger partial charge on any atom is 0.228 e. The van der Waals surface area contributed by atoms with Gasteiger partial charge in [-0.15, -0.1) is 11.3 Å². The Morgan fingerprint density at radius 2 is 2.10 bits per heavy atom. The van der Waals surface area contributed by atoms with Gasteiger partial charge < -0.3 is 10.2 Å². The number of piperidine rings is 1. The molecule has 1 saturated heterocycles. The molecule has 30 heavy (non-hydrogen) atoms. The molecule has 1 aromatic heterocycles. The Morgan fingerprint density at radius 1 is 1.23 bits per heavy atom. The Balaban J connectivity index is 1.58. The smallest absolute Gasteiger partial charge is 0.228 e. The zero-order chi connectivity index (χ0) is 21.0. The largest absolute Gasteiger partial charge is 0.359 e. The fourth-order valence-corrected chi connectivity index (χ4v) is 5.74. The van der Waals surface area contributed by atoms with Crippen LogP contribution in [0.2, 0.25) is 0 Å². The molecule has 0 spiro atoms. The van der Waals surface area contributed by atoms with Crippen molar-refractivity contribution in [1.29, 1.82) is 0 Å². The minimum atomic E-state index is -0.582. The van der Waals surface area contributed by atoms with Crippen LogP contribution in [0, 0.1) is 11.3 Å². The zero-order valence-corrected chi connectivity index (χ0v) is 18.4. The number of hydrogen-bond donors (Lipinski definition) is 1. The maximum atomic E-state index is 13.1. The first kappa shape index (κ1) is 20.9. The molecule has 2 amide bonds. The lowest BCUT2D eigenvalue weighted by atomic mass is 9.73. The summed E-state index contributed by atoms with van der Waals surface area (Å²) >= 11 is 1.72. The van der Waals surface area contributed by atoms with E-state index in [1.54, 1.807) is 18.4 Å². The van der Waals surface area contributed by atoms with Crippen LogP contribution in [0.5, 0.6) is 0 Å². The van der Waals surface area contributed by atoms with Crippen molar-refractivity contribution in [3.63, 3.8) is 0 Å². The fraction of sp³-hybridized carbons (Fsp3) is 0.440. The molecule has 4 nitrogen and oxygen atoms in total. The molecule has 1 fully saturated rings. The van der Waals surface area contributed by atoms with Crippen LogP contribution < -0.4 is 5.32 Å². The van der Waals surface area contributed by atoms with Gasteiger partial charge in [0.15, 0.2) is 0 Å². The highest BCUT2D eigenvalue weighted by atomic mass is 32.1. The quantitative estimate of drug-likeness (QED) is 0.688. The van der Waals surface area contributed by atoms with E-state index in [0.717, 1.165) is 32.2 Å². The molecule has 1 aliphatic carbocycles. The third-order valence-corrected chi connectivity index (χ3v) is 7.42. The van der Waals surface area contributed by atoms with Gasteiger partial charge in [-0.05, 0) is 60.6 Å². The molecule has 4 rings (SSSR count). The predicted molar refractivity (Wildman–Crippen MR) is 122 cm³/mol. The number of carbonyl (C=O) groups is 2. The van der Waals surface area contributed by atoms with Crippen molar-refractivity contribution in [1.82, 2.24) is 10.2 Å². The van der Waals surface area contributed by atoms with E-state index in [9.17, 15) is 9.59 Å². The summed E-state index contributed by atoms with van der Waals surface area (Å²) in [6, 6.07) is 12.5. The van der Waals surface area contributed by atoms with Gasteiger partial charge in [-0.1, -0.05) is 42.5 Å². The van der Waals surface area contributed by atoms with Crippen molar-refractivity contribution >= 4 is 23.2 Å². The Kier molecular flexibility index (Phi) is 6.38. The molecule has 0 saturated carbocycles. The van der Waals surface area contributed by atoms with Crippen molar-refractivity contribution in [2.45, 2.75) is 38.5 Å². The van der Waals surface area contributed by atoms with Gasteiger partial charge in [0.2, 0.25) is 11.8 Å². The average molecular weight is 423 g/mol. The summed E-state index contributed by atoms with van der Waals surface area (Å²) in [5, 5.41) is 4.98. The highest BCUT2D eigenvalue weighted by Gasteiger charge is 2.43. The van der Waals surface area contributed by atoms with Crippen LogP contribution in [-0.4, -0.2) is 36.9 Å². The monoisotopic (exact) mass is 422 g/mol. The number of carbonyl (C=O) groups excluding carboxylic acids is 2. The number of thiophene rings is 1. The number of amides is 2. The molecule has 1 N–H and O–H groups in total. The van der Waals surface area contributed by atoms with E-state index in [1.165, 1.54) is 16.0 Å². The minimum absolute atomic E-state index is 0.0433. The van der Waals surface area contributed by atoms with Gasteiger partial charge in [0, 0.05) is 31.4 Å². The molecule has 158 valence electrons.